The molecular weight excluding hydrogens is 337 g/mol. The lowest BCUT2D eigenvalue weighted by molar-refractivity contribution is -0.384. The largest absolute Gasteiger partial charge is 0.479 e. The molecule has 0 unspecified atom stereocenters. The minimum atomic E-state index is -1.71. The first kappa shape index (κ1) is 18.4. The molecule has 10 heteroatoms. The molecule has 2 rings (SSSR count). The second-order valence-corrected chi connectivity index (χ2v) is 5.42. The molecule has 1 saturated carbocycles. The second kappa shape index (κ2) is 7.08. The van der Waals surface area contributed by atoms with E-state index < -0.39 is 16.5 Å². The molecule has 22 heavy (non-hydrogen) atoms. The normalized spacial score (nSPS) is 24.2. The minimum Gasteiger partial charge on any atom is -0.479 e. The van der Waals surface area contributed by atoms with Crippen molar-refractivity contribution in [3.63, 3.8) is 0 Å². The summed E-state index contributed by atoms with van der Waals surface area (Å²) >= 11 is 5.73. The number of pyridine rings is 1. The predicted octanol–water partition coefficient (Wildman–Crippen LogP) is 2.24. The van der Waals surface area contributed by atoms with E-state index in [1.165, 1.54) is 6.07 Å². The summed E-state index contributed by atoms with van der Waals surface area (Å²) in [5.41, 5.74) is -1.66. The lowest BCUT2D eigenvalue weighted by Crippen LogP contribution is -2.44. The van der Waals surface area contributed by atoms with Crippen LogP contribution in [0.25, 0.3) is 0 Å². The van der Waals surface area contributed by atoms with Crippen molar-refractivity contribution >= 4 is 41.4 Å². The Kier molecular flexibility index (Phi) is 5.92. The number of carboxylic acids is 1. The monoisotopic (exact) mass is 351 g/mol. The zero-order valence-electron chi connectivity index (χ0n) is 11.4. The Morgan fingerprint density at radius 1 is 1.50 bits per heavy atom. The first-order valence-electron chi connectivity index (χ1n) is 6.34. The van der Waals surface area contributed by atoms with Crippen LogP contribution < -0.4 is 5.32 Å². The lowest BCUT2D eigenvalue weighted by atomic mass is 9.82. The summed E-state index contributed by atoms with van der Waals surface area (Å²) in [5, 5.41) is 32.8. The average Bonchev–Trinajstić information content (AvgIpc) is 2.41. The van der Waals surface area contributed by atoms with Gasteiger partial charge in [0.15, 0.2) is 5.60 Å². The highest BCUT2D eigenvalue weighted by atomic mass is 35.5. The summed E-state index contributed by atoms with van der Waals surface area (Å²) in [6.07, 6.45) is 2.03. The maximum atomic E-state index is 10.9. The van der Waals surface area contributed by atoms with Crippen molar-refractivity contribution in [3.8, 4) is 0 Å². The highest BCUT2D eigenvalue weighted by Gasteiger charge is 2.40. The van der Waals surface area contributed by atoms with Crippen molar-refractivity contribution in [2.24, 2.45) is 0 Å². The lowest BCUT2D eigenvalue weighted by Gasteiger charge is -2.33. The molecule has 1 heterocycles. The minimum absolute atomic E-state index is 0. The average molecular weight is 352 g/mol. The highest BCUT2D eigenvalue weighted by molar-refractivity contribution is 6.29. The molecule has 0 saturated heterocycles. The van der Waals surface area contributed by atoms with Gasteiger partial charge in [-0.15, -0.1) is 12.4 Å². The van der Waals surface area contributed by atoms with Crippen LogP contribution in [0.2, 0.25) is 5.15 Å². The number of aromatic nitrogens is 1. The number of anilines is 1. The Hall–Kier alpha value is -1.64. The van der Waals surface area contributed by atoms with Crippen LogP contribution in [0.1, 0.15) is 25.7 Å². The second-order valence-electron chi connectivity index (χ2n) is 5.04. The number of nitrogens with one attached hydrogen (secondary N) is 1. The number of aliphatic hydroxyl groups is 1. The van der Waals surface area contributed by atoms with Gasteiger partial charge in [-0.25, -0.2) is 9.78 Å². The van der Waals surface area contributed by atoms with Gasteiger partial charge in [0, 0.05) is 12.1 Å². The van der Waals surface area contributed by atoms with Crippen LogP contribution in [0.5, 0.6) is 0 Å². The maximum absolute atomic E-state index is 10.9. The number of carboxylic acid groups (broad SMARTS) is 1. The van der Waals surface area contributed by atoms with Crippen molar-refractivity contribution in [2.45, 2.75) is 37.3 Å². The van der Waals surface area contributed by atoms with Gasteiger partial charge in [0.05, 0.1) is 4.92 Å². The fourth-order valence-electron chi connectivity index (χ4n) is 2.36. The Labute approximate surface area is 137 Å². The number of hydrogen-bond acceptors (Lipinski definition) is 6. The van der Waals surface area contributed by atoms with E-state index in [1.807, 2.05) is 0 Å². The fraction of sp³-hybridized carbons (Fsp3) is 0.500. The van der Waals surface area contributed by atoms with Gasteiger partial charge in [0.25, 0.3) is 0 Å². The molecule has 0 bridgehead atoms. The molecule has 0 amide bonds. The topological polar surface area (TPSA) is 126 Å². The van der Waals surface area contributed by atoms with Gasteiger partial charge in [0.1, 0.15) is 17.0 Å². The summed E-state index contributed by atoms with van der Waals surface area (Å²) in [6, 6.07) is 1.19. The zero-order valence-corrected chi connectivity index (χ0v) is 12.9. The molecule has 1 aromatic rings. The highest BCUT2D eigenvalue weighted by Crippen LogP contribution is 2.33. The van der Waals surface area contributed by atoms with E-state index in [0.29, 0.717) is 12.8 Å². The molecule has 0 spiro atoms. The van der Waals surface area contributed by atoms with Crippen LogP contribution in [0.4, 0.5) is 11.4 Å². The van der Waals surface area contributed by atoms with E-state index in [2.05, 4.69) is 10.3 Å². The van der Waals surface area contributed by atoms with Crippen LogP contribution in [-0.2, 0) is 4.79 Å². The number of rotatable bonds is 4. The van der Waals surface area contributed by atoms with E-state index in [9.17, 15) is 20.0 Å². The molecule has 1 aliphatic rings. The molecule has 0 aliphatic heterocycles. The van der Waals surface area contributed by atoms with Gasteiger partial charge >= 0.3 is 11.7 Å². The molecule has 1 aromatic heterocycles. The van der Waals surface area contributed by atoms with E-state index in [4.69, 9.17) is 16.7 Å². The van der Waals surface area contributed by atoms with E-state index >= 15 is 0 Å². The van der Waals surface area contributed by atoms with Crippen molar-refractivity contribution in [1.82, 2.24) is 4.98 Å². The number of halogens is 2. The van der Waals surface area contributed by atoms with Crippen LogP contribution in [0.15, 0.2) is 12.3 Å². The summed E-state index contributed by atoms with van der Waals surface area (Å²) in [4.78, 5) is 25.0. The van der Waals surface area contributed by atoms with Crippen molar-refractivity contribution in [1.29, 1.82) is 0 Å². The van der Waals surface area contributed by atoms with E-state index in [1.54, 1.807) is 0 Å². The van der Waals surface area contributed by atoms with Crippen LogP contribution >= 0.6 is 24.0 Å². The van der Waals surface area contributed by atoms with Crippen LogP contribution in [-0.4, -0.2) is 37.7 Å². The first-order valence-corrected chi connectivity index (χ1v) is 6.72. The van der Waals surface area contributed by atoms with Gasteiger partial charge in [-0.2, -0.15) is 0 Å². The van der Waals surface area contributed by atoms with Gasteiger partial charge in [-0.05, 0) is 25.7 Å². The predicted molar refractivity (Wildman–Crippen MR) is 81.6 cm³/mol. The van der Waals surface area contributed by atoms with Gasteiger partial charge in [-0.1, -0.05) is 11.6 Å². The maximum Gasteiger partial charge on any atom is 0.335 e. The molecule has 0 radical (unpaired) electrons. The number of hydrogen-bond donors (Lipinski definition) is 3. The SMILES string of the molecule is Cl.O=C(O)C1(O)CCC(Nc2cc(Cl)ncc2[N+](=O)[O-])CC1. The third-order valence-corrected chi connectivity index (χ3v) is 3.82. The number of nitrogens with zero attached hydrogens (tertiary/aromatic N) is 2. The number of nitro groups is 1. The Morgan fingerprint density at radius 2 is 2.09 bits per heavy atom. The van der Waals surface area contributed by atoms with Crippen molar-refractivity contribution < 1.29 is 19.9 Å². The number of aliphatic carboxylic acids is 1. The van der Waals surface area contributed by atoms with Crippen molar-refractivity contribution in [2.75, 3.05) is 5.32 Å². The molecule has 1 aliphatic carbocycles. The summed E-state index contributed by atoms with van der Waals surface area (Å²) in [6.45, 7) is 0. The van der Waals surface area contributed by atoms with Crippen molar-refractivity contribution in [3.05, 3.63) is 27.5 Å². The van der Waals surface area contributed by atoms with Gasteiger partial charge in [0.2, 0.25) is 0 Å². The zero-order chi connectivity index (χ0) is 15.6. The van der Waals surface area contributed by atoms with Crippen LogP contribution in [0, 0.1) is 10.1 Å². The summed E-state index contributed by atoms with van der Waals surface area (Å²) < 4.78 is 0. The molecular formula is C12H15Cl2N3O5. The molecule has 8 nitrogen and oxygen atoms in total. The smallest absolute Gasteiger partial charge is 0.335 e. The Balaban J connectivity index is 0.00000242. The molecule has 3 N–H and O–H groups in total. The fourth-order valence-corrected chi connectivity index (χ4v) is 2.52. The van der Waals surface area contributed by atoms with E-state index in [0.717, 1.165) is 6.20 Å². The van der Waals surface area contributed by atoms with Crippen LogP contribution in [0.3, 0.4) is 0 Å². The number of carbonyl (C=O) groups is 1. The molecule has 1 fully saturated rings. The Morgan fingerprint density at radius 3 is 2.59 bits per heavy atom. The Bertz CT molecular complexity index is 576. The molecule has 122 valence electrons. The standard InChI is InChI=1S/C12H14ClN3O5.ClH/c13-10-5-8(9(6-14-10)16(20)21)15-7-1-3-12(19,4-2-7)11(17)18;/h5-7,19H,1-4H2,(H,14,15)(H,17,18);1H. The first-order chi connectivity index (χ1) is 9.82. The summed E-state index contributed by atoms with van der Waals surface area (Å²) in [7, 11) is 0. The quantitative estimate of drug-likeness (QED) is 0.431. The molecule has 0 atom stereocenters. The molecule has 0 aromatic carbocycles. The van der Waals surface area contributed by atoms with Gasteiger partial charge in [-0.3, -0.25) is 10.1 Å². The third kappa shape index (κ3) is 3.96. The van der Waals surface area contributed by atoms with Gasteiger partial charge < -0.3 is 15.5 Å². The third-order valence-electron chi connectivity index (χ3n) is 3.62. The summed E-state index contributed by atoms with van der Waals surface area (Å²) in [5.74, 6) is -1.24. The van der Waals surface area contributed by atoms with E-state index in [-0.39, 0.29) is 47.8 Å².